The molecular weight excluding hydrogens is 336 g/mol. The molecule has 0 bridgehead atoms. The summed E-state index contributed by atoms with van der Waals surface area (Å²) in [4.78, 5) is 21.4. The van der Waals surface area contributed by atoms with E-state index in [1.807, 2.05) is 66.7 Å². The zero-order chi connectivity index (χ0) is 18.6. The Morgan fingerprint density at radius 1 is 0.926 bits per heavy atom. The Morgan fingerprint density at radius 3 is 2.52 bits per heavy atom. The monoisotopic (exact) mass is 354 g/mol. The molecule has 0 saturated carbocycles. The average molecular weight is 354 g/mol. The van der Waals surface area contributed by atoms with Crippen LogP contribution in [0.1, 0.15) is 33.8 Å². The van der Waals surface area contributed by atoms with Crippen molar-refractivity contribution in [1.82, 2.24) is 9.97 Å². The smallest absolute Gasteiger partial charge is 0.163 e. The van der Waals surface area contributed by atoms with Gasteiger partial charge in [-0.1, -0.05) is 54.6 Å². The molecule has 0 aliphatic heterocycles. The maximum atomic E-state index is 12.9. The standard InChI is InChI=1S/C23H18N2O2/c26-21(16-6-2-1-3-7-16)14-20(18-9-4-12-24-15-18)19-11-10-17-8-5-13-25-22(17)23(19)27/h1-13,15,20,27H,14H2. The number of pyridine rings is 2. The number of phenolic OH excluding ortho intramolecular Hbond substituents is 1. The summed E-state index contributed by atoms with van der Waals surface area (Å²) in [5.74, 6) is -0.175. The lowest BCUT2D eigenvalue weighted by Gasteiger charge is -2.19. The van der Waals surface area contributed by atoms with Crippen LogP contribution in [0.5, 0.6) is 5.75 Å². The third kappa shape index (κ3) is 3.42. The first kappa shape index (κ1) is 16.9. The maximum absolute atomic E-state index is 12.9. The normalized spacial score (nSPS) is 12.0. The van der Waals surface area contributed by atoms with Crippen LogP contribution in [-0.4, -0.2) is 20.9 Å². The molecule has 0 radical (unpaired) electrons. The molecule has 0 saturated heterocycles. The molecule has 4 heteroatoms. The van der Waals surface area contributed by atoms with Gasteiger partial charge in [0.05, 0.1) is 0 Å². The minimum absolute atomic E-state index is 0.0185. The second kappa shape index (κ2) is 7.38. The summed E-state index contributed by atoms with van der Waals surface area (Å²) in [7, 11) is 0. The number of hydrogen-bond acceptors (Lipinski definition) is 4. The molecule has 0 spiro atoms. The molecule has 27 heavy (non-hydrogen) atoms. The van der Waals surface area contributed by atoms with Gasteiger partial charge in [-0.15, -0.1) is 0 Å². The van der Waals surface area contributed by atoms with Crippen LogP contribution >= 0.6 is 0 Å². The SMILES string of the molecule is O=C(CC(c1cccnc1)c1ccc2cccnc2c1O)c1ccccc1. The predicted octanol–water partition coefficient (Wildman–Crippen LogP) is 4.74. The number of aromatic nitrogens is 2. The van der Waals surface area contributed by atoms with Gasteiger partial charge in [0.15, 0.2) is 5.78 Å². The number of Topliss-reactive ketones (excluding diaryl/α,β-unsaturated/α-hetero) is 1. The third-order valence-electron chi connectivity index (χ3n) is 4.73. The minimum atomic E-state index is -0.308. The van der Waals surface area contributed by atoms with E-state index in [1.165, 1.54) is 0 Å². The first-order chi connectivity index (χ1) is 13.2. The number of hydrogen-bond donors (Lipinski definition) is 1. The van der Waals surface area contributed by atoms with E-state index >= 15 is 0 Å². The topological polar surface area (TPSA) is 63.1 Å². The highest BCUT2D eigenvalue weighted by Crippen LogP contribution is 2.38. The molecule has 1 unspecified atom stereocenters. The number of fused-ring (bicyclic) bond motifs is 1. The molecular formula is C23H18N2O2. The van der Waals surface area contributed by atoms with E-state index in [4.69, 9.17) is 0 Å². The number of carbonyl (C=O) groups excluding carboxylic acids is 1. The molecule has 2 heterocycles. The van der Waals surface area contributed by atoms with Gasteiger partial charge in [0.1, 0.15) is 11.3 Å². The van der Waals surface area contributed by atoms with E-state index in [9.17, 15) is 9.90 Å². The predicted molar refractivity (Wildman–Crippen MR) is 105 cm³/mol. The van der Waals surface area contributed by atoms with Crippen molar-refractivity contribution in [3.05, 3.63) is 102 Å². The van der Waals surface area contributed by atoms with Crippen LogP contribution < -0.4 is 0 Å². The summed E-state index contributed by atoms with van der Waals surface area (Å²) < 4.78 is 0. The maximum Gasteiger partial charge on any atom is 0.163 e. The van der Waals surface area contributed by atoms with Crippen molar-refractivity contribution in [2.45, 2.75) is 12.3 Å². The minimum Gasteiger partial charge on any atom is -0.505 e. The van der Waals surface area contributed by atoms with Gasteiger partial charge in [0, 0.05) is 47.4 Å². The van der Waals surface area contributed by atoms with Crippen molar-refractivity contribution in [2.24, 2.45) is 0 Å². The molecule has 0 fully saturated rings. The van der Waals surface area contributed by atoms with Crippen LogP contribution in [0.4, 0.5) is 0 Å². The molecule has 1 atom stereocenters. The van der Waals surface area contributed by atoms with Crippen molar-refractivity contribution >= 4 is 16.7 Å². The highest BCUT2D eigenvalue weighted by molar-refractivity contribution is 5.97. The van der Waals surface area contributed by atoms with Crippen molar-refractivity contribution in [3.8, 4) is 5.75 Å². The van der Waals surface area contributed by atoms with Gasteiger partial charge in [-0.25, -0.2) is 0 Å². The number of phenols is 1. The number of rotatable bonds is 5. The summed E-state index contributed by atoms with van der Waals surface area (Å²) in [5, 5.41) is 11.7. The van der Waals surface area contributed by atoms with E-state index < -0.39 is 0 Å². The number of benzene rings is 2. The van der Waals surface area contributed by atoms with Gasteiger partial charge in [-0.3, -0.25) is 14.8 Å². The fourth-order valence-corrected chi connectivity index (χ4v) is 3.34. The van der Waals surface area contributed by atoms with E-state index in [0.717, 1.165) is 10.9 Å². The first-order valence-corrected chi connectivity index (χ1v) is 8.79. The third-order valence-corrected chi connectivity index (χ3v) is 4.73. The molecule has 1 N–H and O–H groups in total. The summed E-state index contributed by atoms with van der Waals surface area (Å²) in [6, 6.07) is 20.5. The molecule has 4 rings (SSSR count). The fourth-order valence-electron chi connectivity index (χ4n) is 3.34. The Bertz CT molecular complexity index is 1080. The van der Waals surface area contributed by atoms with Crippen molar-refractivity contribution in [1.29, 1.82) is 0 Å². The van der Waals surface area contributed by atoms with Crippen molar-refractivity contribution < 1.29 is 9.90 Å². The molecule has 0 aliphatic carbocycles. The summed E-state index contributed by atoms with van der Waals surface area (Å²) in [6.07, 6.45) is 5.33. The largest absolute Gasteiger partial charge is 0.505 e. The Balaban J connectivity index is 1.79. The van der Waals surface area contributed by atoms with E-state index in [2.05, 4.69) is 9.97 Å². The second-order valence-electron chi connectivity index (χ2n) is 6.41. The fraction of sp³-hybridized carbons (Fsp3) is 0.0870. The Labute approximate surface area is 157 Å². The number of ketones is 1. The van der Waals surface area contributed by atoms with E-state index in [0.29, 0.717) is 16.6 Å². The van der Waals surface area contributed by atoms with Gasteiger partial charge in [-0.2, -0.15) is 0 Å². The zero-order valence-corrected chi connectivity index (χ0v) is 14.6. The average Bonchev–Trinajstić information content (AvgIpc) is 2.74. The lowest BCUT2D eigenvalue weighted by Crippen LogP contribution is -2.10. The lowest BCUT2D eigenvalue weighted by atomic mass is 9.85. The molecule has 2 aromatic heterocycles. The summed E-state index contributed by atoms with van der Waals surface area (Å²) >= 11 is 0. The van der Waals surface area contributed by atoms with E-state index in [-0.39, 0.29) is 23.9 Å². The van der Waals surface area contributed by atoms with Crippen LogP contribution in [0.15, 0.2) is 85.3 Å². The Morgan fingerprint density at radius 2 is 1.74 bits per heavy atom. The van der Waals surface area contributed by atoms with Crippen LogP contribution in [0.3, 0.4) is 0 Å². The zero-order valence-electron chi connectivity index (χ0n) is 14.6. The highest BCUT2D eigenvalue weighted by Gasteiger charge is 2.23. The van der Waals surface area contributed by atoms with E-state index in [1.54, 1.807) is 18.6 Å². The molecule has 2 aromatic carbocycles. The lowest BCUT2D eigenvalue weighted by molar-refractivity contribution is 0.0977. The molecule has 0 amide bonds. The summed E-state index contributed by atoms with van der Waals surface area (Å²) in [6.45, 7) is 0. The van der Waals surface area contributed by atoms with Gasteiger partial charge in [-0.05, 0) is 17.7 Å². The number of carbonyl (C=O) groups is 1. The van der Waals surface area contributed by atoms with Gasteiger partial charge >= 0.3 is 0 Å². The molecule has 0 aliphatic rings. The second-order valence-corrected chi connectivity index (χ2v) is 6.41. The molecule has 4 nitrogen and oxygen atoms in total. The molecule has 4 aromatic rings. The Kier molecular flexibility index (Phi) is 4.62. The highest BCUT2D eigenvalue weighted by atomic mass is 16.3. The van der Waals surface area contributed by atoms with Crippen LogP contribution in [0, 0.1) is 0 Å². The van der Waals surface area contributed by atoms with Crippen LogP contribution in [-0.2, 0) is 0 Å². The van der Waals surface area contributed by atoms with Gasteiger partial charge < -0.3 is 5.11 Å². The number of aromatic hydroxyl groups is 1. The van der Waals surface area contributed by atoms with Gasteiger partial charge in [0.2, 0.25) is 0 Å². The Hall–Kier alpha value is -3.53. The van der Waals surface area contributed by atoms with Crippen molar-refractivity contribution in [2.75, 3.05) is 0 Å². The summed E-state index contributed by atoms with van der Waals surface area (Å²) in [5.41, 5.74) is 2.76. The molecule has 132 valence electrons. The van der Waals surface area contributed by atoms with Gasteiger partial charge in [0.25, 0.3) is 0 Å². The first-order valence-electron chi connectivity index (χ1n) is 8.79. The number of nitrogens with zero attached hydrogens (tertiary/aromatic N) is 2. The van der Waals surface area contributed by atoms with Crippen LogP contribution in [0.25, 0.3) is 10.9 Å². The van der Waals surface area contributed by atoms with Crippen molar-refractivity contribution in [3.63, 3.8) is 0 Å². The van der Waals surface area contributed by atoms with Crippen LogP contribution in [0.2, 0.25) is 0 Å². The quantitative estimate of drug-likeness (QED) is 0.526.